The zero-order chi connectivity index (χ0) is 13.0. The van der Waals surface area contributed by atoms with Crippen molar-refractivity contribution in [2.75, 3.05) is 6.61 Å². The van der Waals surface area contributed by atoms with Gasteiger partial charge in [0.05, 0.1) is 12.2 Å². The quantitative estimate of drug-likeness (QED) is 0.466. The fraction of sp³-hybridized carbons (Fsp3) is 0.333. The number of esters is 1. The molecule has 0 fully saturated rings. The zero-order valence-corrected chi connectivity index (χ0v) is 12.4. The van der Waals surface area contributed by atoms with E-state index in [1.165, 1.54) is 6.92 Å². The minimum Gasteiger partial charge on any atom is -0.462 e. The Morgan fingerprint density at radius 2 is 2.12 bits per heavy atom. The van der Waals surface area contributed by atoms with Crippen LogP contribution in [0.5, 0.6) is 0 Å². The van der Waals surface area contributed by atoms with Gasteiger partial charge in [0.2, 0.25) is 0 Å². The lowest BCUT2D eigenvalue weighted by Gasteiger charge is -2.11. The summed E-state index contributed by atoms with van der Waals surface area (Å²) in [6.45, 7) is 3.48. The van der Waals surface area contributed by atoms with Crippen molar-refractivity contribution in [3.8, 4) is 0 Å². The minimum absolute atomic E-state index is 0.148. The number of rotatable bonds is 4. The van der Waals surface area contributed by atoms with E-state index in [0.717, 1.165) is 0 Å². The van der Waals surface area contributed by atoms with E-state index in [1.54, 1.807) is 25.1 Å². The molecule has 0 heterocycles. The van der Waals surface area contributed by atoms with Crippen LogP contribution in [0.1, 0.15) is 35.1 Å². The Morgan fingerprint density at radius 1 is 1.47 bits per heavy atom. The second-order valence-electron chi connectivity index (χ2n) is 3.40. The van der Waals surface area contributed by atoms with E-state index in [-0.39, 0.29) is 5.78 Å². The molecule has 0 aliphatic heterocycles. The molecule has 1 atom stereocenters. The highest BCUT2D eigenvalue weighted by Gasteiger charge is 2.20. The molecule has 0 spiro atoms. The molecule has 0 aromatic heterocycles. The summed E-state index contributed by atoms with van der Waals surface area (Å²) in [5.41, 5.74) is 1.09. The molecular weight excluding hydrogens is 354 g/mol. The first kappa shape index (κ1) is 14.4. The van der Waals surface area contributed by atoms with Gasteiger partial charge in [-0.1, -0.05) is 12.1 Å². The number of carbonyl (C=O) groups excluding carboxylic acids is 2. The number of Topliss-reactive ketones (excluding diaryl/α,β-unsaturated/α-hetero) is 1. The van der Waals surface area contributed by atoms with Crippen LogP contribution in [0.25, 0.3) is 0 Å². The highest BCUT2D eigenvalue weighted by Crippen LogP contribution is 2.28. The van der Waals surface area contributed by atoms with Gasteiger partial charge in [-0.2, -0.15) is 0 Å². The summed E-state index contributed by atoms with van der Waals surface area (Å²) in [5, 5.41) is -0.726. The molecule has 92 valence electrons. The molecule has 0 aliphatic rings. The van der Waals surface area contributed by atoms with Crippen LogP contribution in [0.3, 0.4) is 0 Å². The molecule has 3 nitrogen and oxygen atoms in total. The fourth-order valence-corrected chi connectivity index (χ4v) is 2.59. The van der Waals surface area contributed by atoms with Gasteiger partial charge in [-0.25, -0.2) is 4.79 Å². The SMILES string of the molecule is CCOC(=O)c1cccc(C(Cl)C(C)=O)c1I. The topological polar surface area (TPSA) is 43.4 Å². The predicted molar refractivity (Wildman–Crippen MR) is 74.4 cm³/mol. The molecule has 0 saturated heterocycles. The van der Waals surface area contributed by atoms with Crippen LogP contribution in [-0.4, -0.2) is 18.4 Å². The third-order valence-corrected chi connectivity index (χ3v) is 3.90. The summed E-state index contributed by atoms with van der Waals surface area (Å²) in [6.07, 6.45) is 0. The van der Waals surface area contributed by atoms with Gasteiger partial charge >= 0.3 is 5.97 Å². The molecule has 5 heteroatoms. The Kier molecular flexibility index (Phi) is 5.39. The van der Waals surface area contributed by atoms with Crippen LogP contribution in [-0.2, 0) is 9.53 Å². The van der Waals surface area contributed by atoms with Gasteiger partial charge in [0.15, 0.2) is 5.78 Å². The van der Waals surface area contributed by atoms with E-state index in [0.29, 0.717) is 21.3 Å². The summed E-state index contributed by atoms with van der Waals surface area (Å²) >= 11 is 8.00. The monoisotopic (exact) mass is 366 g/mol. The normalized spacial score (nSPS) is 12.0. The summed E-state index contributed by atoms with van der Waals surface area (Å²) in [5.74, 6) is -0.545. The van der Waals surface area contributed by atoms with Crippen molar-refractivity contribution in [3.05, 3.63) is 32.9 Å². The van der Waals surface area contributed by atoms with Gasteiger partial charge in [-0.15, -0.1) is 11.6 Å². The van der Waals surface area contributed by atoms with Crippen LogP contribution < -0.4 is 0 Å². The lowest BCUT2D eigenvalue weighted by Crippen LogP contribution is -2.11. The first-order valence-electron chi connectivity index (χ1n) is 5.09. The third-order valence-electron chi connectivity index (χ3n) is 2.15. The minimum atomic E-state index is -0.726. The van der Waals surface area contributed by atoms with Crippen LogP contribution in [0.4, 0.5) is 0 Å². The Hall–Kier alpha value is -0.620. The van der Waals surface area contributed by atoms with Gasteiger partial charge in [0.25, 0.3) is 0 Å². The number of alkyl halides is 1. The van der Waals surface area contributed by atoms with E-state index in [4.69, 9.17) is 16.3 Å². The van der Waals surface area contributed by atoms with Crippen molar-refractivity contribution in [1.29, 1.82) is 0 Å². The Bertz CT molecular complexity index is 445. The molecule has 0 saturated carbocycles. The molecule has 1 aromatic carbocycles. The Labute approximate surface area is 119 Å². The molecule has 0 radical (unpaired) electrons. The van der Waals surface area contributed by atoms with Gasteiger partial charge in [-0.3, -0.25) is 4.79 Å². The molecule has 0 aliphatic carbocycles. The van der Waals surface area contributed by atoms with E-state index in [1.807, 2.05) is 22.6 Å². The number of ketones is 1. The number of benzene rings is 1. The molecular formula is C12H12ClIO3. The van der Waals surface area contributed by atoms with Crippen molar-refractivity contribution in [2.24, 2.45) is 0 Å². The molecule has 1 aromatic rings. The number of hydrogen-bond acceptors (Lipinski definition) is 3. The summed E-state index contributed by atoms with van der Waals surface area (Å²) in [4.78, 5) is 22.9. The number of carbonyl (C=O) groups is 2. The average Bonchev–Trinajstić information content (AvgIpc) is 2.28. The van der Waals surface area contributed by atoms with Crippen LogP contribution in [0, 0.1) is 3.57 Å². The highest BCUT2D eigenvalue weighted by molar-refractivity contribution is 14.1. The smallest absolute Gasteiger partial charge is 0.339 e. The standard InChI is InChI=1S/C12H12ClIO3/c1-3-17-12(16)9-6-4-5-8(11(9)14)10(13)7(2)15/h4-6,10H,3H2,1-2H3. The van der Waals surface area contributed by atoms with E-state index >= 15 is 0 Å². The number of hydrogen-bond donors (Lipinski definition) is 0. The molecule has 0 N–H and O–H groups in total. The highest BCUT2D eigenvalue weighted by atomic mass is 127. The maximum Gasteiger partial charge on any atom is 0.339 e. The predicted octanol–water partition coefficient (Wildman–Crippen LogP) is 3.34. The molecule has 1 unspecified atom stereocenters. The summed E-state index contributed by atoms with van der Waals surface area (Å²) in [7, 11) is 0. The second-order valence-corrected chi connectivity index (χ2v) is 4.92. The van der Waals surface area contributed by atoms with Crippen LogP contribution in [0.15, 0.2) is 18.2 Å². The molecule has 0 bridgehead atoms. The Balaban J connectivity index is 3.15. The largest absolute Gasteiger partial charge is 0.462 e. The van der Waals surface area contributed by atoms with Gasteiger partial charge in [0, 0.05) is 3.57 Å². The van der Waals surface area contributed by atoms with Crippen molar-refractivity contribution < 1.29 is 14.3 Å². The molecule has 17 heavy (non-hydrogen) atoms. The maximum atomic E-state index is 11.7. The second kappa shape index (κ2) is 6.35. The lowest BCUT2D eigenvalue weighted by atomic mass is 10.1. The van der Waals surface area contributed by atoms with Gasteiger partial charge in [0.1, 0.15) is 5.38 Å². The van der Waals surface area contributed by atoms with Crippen molar-refractivity contribution in [1.82, 2.24) is 0 Å². The maximum absolute atomic E-state index is 11.7. The molecule has 0 amide bonds. The lowest BCUT2D eigenvalue weighted by molar-refractivity contribution is -0.116. The Morgan fingerprint density at radius 3 is 2.65 bits per heavy atom. The first-order chi connectivity index (χ1) is 7.99. The number of halogens is 2. The summed E-state index contributed by atoms with van der Waals surface area (Å²) in [6, 6.07) is 5.10. The van der Waals surface area contributed by atoms with Crippen LogP contribution in [0.2, 0.25) is 0 Å². The fourth-order valence-electron chi connectivity index (χ4n) is 1.33. The average molecular weight is 367 g/mol. The van der Waals surface area contributed by atoms with Gasteiger partial charge in [-0.05, 0) is 48.1 Å². The number of ether oxygens (including phenoxy) is 1. The van der Waals surface area contributed by atoms with Gasteiger partial charge < -0.3 is 4.74 Å². The van der Waals surface area contributed by atoms with E-state index in [9.17, 15) is 9.59 Å². The van der Waals surface area contributed by atoms with Crippen molar-refractivity contribution >= 4 is 45.9 Å². The van der Waals surface area contributed by atoms with E-state index in [2.05, 4.69) is 0 Å². The van der Waals surface area contributed by atoms with Crippen molar-refractivity contribution in [2.45, 2.75) is 19.2 Å². The first-order valence-corrected chi connectivity index (χ1v) is 6.60. The third kappa shape index (κ3) is 3.42. The van der Waals surface area contributed by atoms with Crippen molar-refractivity contribution in [3.63, 3.8) is 0 Å². The molecule has 1 rings (SSSR count). The zero-order valence-electron chi connectivity index (χ0n) is 9.50. The van der Waals surface area contributed by atoms with E-state index < -0.39 is 11.3 Å². The summed E-state index contributed by atoms with van der Waals surface area (Å²) < 4.78 is 5.60. The van der Waals surface area contributed by atoms with Crippen LogP contribution >= 0.6 is 34.2 Å².